The lowest BCUT2D eigenvalue weighted by atomic mass is 10.2. The number of aromatic nitrogens is 2. The molecule has 6 nitrogen and oxygen atoms in total. The first-order chi connectivity index (χ1) is 12.2. The molecule has 0 radical (unpaired) electrons. The van der Waals surface area contributed by atoms with E-state index in [1.54, 1.807) is 24.3 Å². The summed E-state index contributed by atoms with van der Waals surface area (Å²) in [7, 11) is 0. The Morgan fingerprint density at radius 3 is 2.64 bits per heavy atom. The highest BCUT2D eigenvalue weighted by Crippen LogP contribution is 2.22. The smallest absolute Gasteiger partial charge is 0.270 e. The van der Waals surface area contributed by atoms with Gasteiger partial charge in [0, 0.05) is 38.8 Å². The first-order valence-corrected chi connectivity index (χ1v) is 8.14. The Kier molecular flexibility index (Phi) is 5.23. The van der Waals surface area contributed by atoms with Crippen molar-refractivity contribution in [2.75, 3.05) is 42.5 Å². The van der Waals surface area contributed by atoms with Gasteiger partial charge in [-0.2, -0.15) is 0 Å². The average molecular weight is 341 g/mol. The van der Waals surface area contributed by atoms with E-state index in [4.69, 9.17) is 0 Å². The van der Waals surface area contributed by atoms with E-state index in [9.17, 15) is 9.18 Å². The van der Waals surface area contributed by atoms with Crippen molar-refractivity contribution in [1.82, 2.24) is 15.3 Å². The standard InChI is InChI=1S/C18H20FN5O/c1-2-7-20-18(25)15-12-17(22-13-21-15)24-10-8-23(9-11-24)16-6-4-3-5-14(16)19/h2-6,12-13H,1,7-11H2,(H,20,25). The second-order valence-electron chi connectivity index (χ2n) is 5.69. The van der Waals surface area contributed by atoms with Crippen LogP contribution in [0.5, 0.6) is 0 Å². The van der Waals surface area contributed by atoms with Gasteiger partial charge in [0.2, 0.25) is 0 Å². The molecule has 1 aliphatic rings. The summed E-state index contributed by atoms with van der Waals surface area (Å²) in [5.41, 5.74) is 0.942. The van der Waals surface area contributed by atoms with Crippen molar-refractivity contribution in [1.29, 1.82) is 0 Å². The minimum absolute atomic E-state index is 0.209. The van der Waals surface area contributed by atoms with Crippen molar-refractivity contribution in [2.24, 2.45) is 0 Å². The third kappa shape index (κ3) is 3.93. The molecule has 7 heteroatoms. The maximum absolute atomic E-state index is 13.9. The number of halogens is 1. The normalized spacial score (nSPS) is 14.3. The molecule has 1 amide bonds. The van der Waals surface area contributed by atoms with Crippen molar-refractivity contribution < 1.29 is 9.18 Å². The molecular weight excluding hydrogens is 321 g/mol. The highest BCUT2D eigenvalue weighted by atomic mass is 19.1. The molecule has 0 bridgehead atoms. The molecule has 3 rings (SSSR count). The Hall–Kier alpha value is -2.96. The van der Waals surface area contributed by atoms with Crippen LogP contribution in [0.15, 0.2) is 49.3 Å². The summed E-state index contributed by atoms with van der Waals surface area (Å²) in [4.78, 5) is 24.4. The zero-order valence-electron chi connectivity index (χ0n) is 13.9. The van der Waals surface area contributed by atoms with E-state index in [0.717, 1.165) is 0 Å². The van der Waals surface area contributed by atoms with E-state index in [-0.39, 0.29) is 11.7 Å². The van der Waals surface area contributed by atoms with Crippen LogP contribution < -0.4 is 15.1 Å². The lowest BCUT2D eigenvalue weighted by molar-refractivity contribution is 0.0953. The van der Waals surface area contributed by atoms with Crippen LogP contribution in [0.4, 0.5) is 15.9 Å². The summed E-state index contributed by atoms with van der Waals surface area (Å²) in [6, 6.07) is 8.47. The van der Waals surface area contributed by atoms with Crippen LogP contribution in [-0.4, -0.2) is 48.6 Å². The predicted molar refractivity (Wildman–Crippen MR) is 95.4 cm³/mol. The van der Waals surface area contributed by atoms with Crippen molar-refractivity contribution >= 4 is 17.4 Å². The summed E-state index contributed by atoms with van der Waals surface area (Å²) in [5, 5.41) is 2.70. The van der Waals surface area contributed by atoms with E-state index in [1.165, 1.54) is 12.4 Å². The van der Waals surface area contributed by atoms with Crippen LogP contribution in [0.2, 0.25) is 0 Å². The monoisotopic (exact) mass is 341 g/mol. The fourth-order valence-electron chi connectivity index (χ4n) is 2.78. The molecule has 0 unspecified atom stereocenters. The Bertz CT molecular complexity index is 759. The number of hydrogen-bond acceptors (Lipinski definition) is 5. The number of amides is 1. The molecule has 2 heterocycles. The number of rotatable bonds is 5. The number of para-hydroxylation sites is 1. The highest BCUT2D eigenvalue weighted by molar-refractivity contribution is 5.92. The van der Waals surface area contributed by atoms with Gasteiger partial charge in [0.15, 0.2) is 0 Å². The van der Waals surface area contributed by atoms with Gasteiger partial charge in [0.1, 0.15) is 23.7 Å². The first kappa shape index (κ1) is 16.9. The quantitative estimate of drug-likeness (QED) is 0.841. The Morgan fingerprint density at radius 1 is 1.20 bits per heavy atom. The van der Waals surface area contributed by atoms with Gasteiger partial charge in [-0.3, -0.25) is 4.79 Å². The second kappa shape index (κ2) is 7.74. The summed E-state index contributed by atoms with van der Waals surface area (Å²) in [5.74, 6) is 0.236. The van der Waals surface area contributed by atoms with Gasteiger partial charge < -0.3 is 15.1 Å². The van der Waals surface area contributed by atoms with Crippen LogP contribution in [0.3, 0.4) is 0 Å². The zero-order chi connectivity index (χ0) is 17.6. The number of carbonyl (C=O) groups is 1. The fraction of sp³-hybridized carbons (Fsp3) is 0.278. The van der Waals surface area contributed by atoms with Gasteiger partial charge in [-0.1, -0.05) is 18.2 Å². The molecule has 1 fully saturated rings. The number of carbonyl (C=O) groups excluding carboxylic acids is 1. The molecule has 25 heavy (non-hydrogen) atoms. The molecule has 2 aromatic rings. The Labute approximate surface area is 146 Å². The van der Waals surface area contributed by atoms with E-state index >= 15 is 0 Å². The van der Waals surface area contributed by atoms with E-state index < -0.39 is 0 Å². The third-order valence-corrected chi connectivity index (χ3v) is 4.09. The van der Waals surface area contributed by atoms with Crippen LogP contribution in [0.25, 0.3) is 0 Å². The molecular formula is C18H20FN5O. The molecule has 1 aromatic heterocycles. The van der Waals surface area contributed by atoms with Crippen LogP contribution >= 0.6 is 0 Å². The lowest BCUT2D eigenvalue weighted by Crippen LogP contribution is -2.47. The Morgan fingerprint density at radius 2 is 1.92 bits per heavy atom. The number of nitrogens with one attached hydrogen (secondary N) is 1. The number of piperazine rings is 1. The number of hydrogen-bond donors (Lipinski definition) is 1. The Balaban J connectivity index is 1.66. The number of benzene rings is 1. The maximum atomic E-state index is 13.9. The van der Waals surface area contributed by atoms with Crippen molar-refractivity contribution in [3.63, 3.8) is 0 Å². The van der Waals surface area contributed by atoms with Gasteiger partial charge in [-0.25, -0.2) is 14.4 Å². The van der Waals surface area contributed by atoms with Crippen LogP contribution in [-0.2, 0) is 0 Å². The van der Waals surface area contributed by atoms with Crippen molar-refractivity contribution in [3.05, 3.63) is 60.8 Å². The molecule has 0 atom stereocenters. The minimum Gasteiger partial charge on any atom is -0.366 e. The topological polar surface area (TPSA) is 61.4 Å². The summed E-state index contributed by atoms with van der Waals surface area (Å²) in [6.45, 7) is 6.71. The molecule has 1 aromatic carbocycles. The van der Waals surface area contributed by atoms with E-state index in [0.29, 0.717) is 49.9 Å². The molecule has 1 aliphatic heterocycles. The molecule has 130 valence electrons. The zero-order valence-corrected chi connectivity index (χ0v) is 13.9. The number of anilines is 2. The van der Waals surface area contributed by atoms with Gasteiger partial charge in [0.05, 0.1) is 5.69 Å². The SMILES string of the molecule is C=CCNC(=O)c1cc(N2CCN(c3ccccc3F)CC2)ncn1. The summed E-state index contributed by atoms with van der Waals surface area (Å²) < 4.78 is 13.9. The van der Waals surface area contributed by atoms with E-state index in [1.807, 2.05) is 11.0 Å². The summed E-state index contributed by atoms with van der Waals surface area (Å²) in [6.07, 6.45) is 3.00. The second-order valence-corrected chi connectivity index (χ2v) is 5.69. The van der Waals surface area contributed by atoms with Gasteiger partial charge in [-0.05, 0) is 12.1 Å². The largest absolute Gasteiger partial charge is 0.366 e. The molecule has 0 spiro atoms. The highest BCUT2D eigenvalue weighted by Gasteiger charge is 2.21. The minimum atomic E-state index is -0.256. The van der Waals surface area contributed by atoms with Crippen molar-refractivity contribution in [2.45, 2.75) is 0 Å². The maximum Gasteiger partial charge on any atom is 0.270 e. The van der Waals surface area contributed by atoms with Gasteiger partial charge in [0.25, 0.3) is 5.91 Å². The number of nitrogens with zero attached hydrogens (tertiary/aromatic N) is 4. The molecule has 1 saturated heterocycles. The van der Waals surface area contributed by atoms with Gasteiger partial charge in [-0.15, -0.1) is 6.58 Å². The van der Waals surface area contributed by atoms with Crippen LogP contribution in [0, 0.1) is 5.82 Å². The fourth-order valence-corrected chi connectivity index (χ4v) is 2.78. The molecule has 0 aliphatic carbocycles. The first-order valence-electron chi connectivity index (χ1n) is 8.14. The van der Waals surface area contributed by atoms with E-state index in [2.05, 4.69) is 26.8 Å². The third-order valence-electron chi connectivity index (χ3n) is 4.09. The lowest BCUT2D eigenvalue weighted by Gasteiger charge is -2.36. The average Bonchev–Trinajstić information content (AvgIpc) is 2.67. The predicted octanol–water partition coefficient (Wildman–Crippen LogP) is 1.86. The summed E-state index contributed by atoms with van der Waals surface area (Å²) >= 11 is 0. The molecule has 1 N–H and O–H groups in total. The van der Waals surface area contributed by atoms with Crippen LogP contribution in [0.1, 0.15) is 10.5 Å². The molecule has 0 saturated carbocycles. The van der Waals surface area contributed by atoms with Gasteiger partial charge >= 0.3 is 0 Å². The van der Waals surface area contributed by atoms with Crippen molar-refractivity contribution in [3.8, 4) is 0 Å².